The van der Waals surface area contributed by atoms with Crippen LogP contribution >= 0.6 is 0 Å². The third kappa shape index (κ3) is 4.16. The summed E-state index contributed by atoms with van der Waals surface area (Å²) in [6, 6.07) is 7.25. The van der Waals surface area contributed by atoms with Crippen molar-refractivity contribution in [3.05, 3.63) is 48.2 Å². The number of hydrogen-bond donors (Lipinski definition) is 2. The molecule has 0 fully saturated rings. The predicted octanol–water partition coefficient (Wildman–Crippen LogP) is 2.73. The number of amides is 1. The molecular formula is C19H24N6O2. The molecule has 2 aromatic heterocycles. The van der Waals surface area contributed by atoms with E-state index >= 15 is 0 Å². The molecule has 0 saturated carbocycles. The number of aromatic amines is 1. The zero-order valence-corrected chi connectivity index (χ0v) is 15.9. The fourth-order valence-electron chi connectivity index (χ4n) is 3.01. The summed E-state index contributed by atoms with van der Waals surface area (Å²) in [5.41, 5.74) is 1.95. The quantitative estimate of drug-likeness (QED) is 0.668. The number of hydrogen-bond acceptors (Lipinski definition) is 5. The Morgan fingerprint density at radius 2 is 2.19 bits per heavy atom. The molecule has 2 heterocycles. The number of nitrogens with one attached hydrogen (secondary N) is 2. The highest BCUT2D eigenvalue weighted by molar-refractivity contribution is 6.00. The normalized spacial score (nSPS) is 12.2. The van der Waals surface area contributed by atoms with Crippen molar-refractivity contribution in [1.82, 2.24) is 30.3 Å². The molecule has 0 saturated heterocycles. The van der Waals surface area contributed by atoms with Crippen LogP contribution in [0.25, 0.3) is 11.3 Å². The molecule has 1 aromatic carbocycles. The van der Waals surface area contributed by atoms with E-state index in [0.29, 0.717) is 22.9 Å². The molecule has 0 aliphatic heterocycles. The van der Waals surface area contributed by atoms with Crippen molar-refractivity contribution < 1.29 is 9.53 Å². The van der Waals surface area contributed by atoms with Gasteiger partial charge in [0.05, 0.1) is 30.6 Å². The van der Waals surface area contributed by atoms with Gasteiger partial charge in [0.2, 0.25) is 0 Å². The Balaban J connectivity index is 1.87. The monoisotopic (exact) mass is 368 g/mol. The average Bonchev–Trinajstić information content (AvgIpc) is 3.29. The van der Waals surface area contributed by atoms with Gasteiger partial charge in [0.25, 0.3) is 5.91 Å². The van der Waals surface area contributed by atoms with Crippen LogP contribution in [-0.4, -0.2) is 38.0 Å². The van der Waals surface area contributed by atoms with E-state index in [1.807, 2.05) is 31.3 Å². The summed E-state index contributed by atoms with van der Waals surface area (Å²) < 4.78 is 6.96. The molecule has 8 heteroatoms. The van der Waals surface area contributed by atoms with Crippen molar-refractivity contribution >= 4 is 5.91 Å². The molecule has 0 radical (unpaired) electrons. The van der Waals surface area contributed by atoms with Crippen molar-refractivity contribution in [1.29, 1.82) is 0 Å². The summed E-state index contributed by atoms with van der Waals surface area (Å²) in [5.74, 6) is 1.61. The van der Waals surface area contributed by atoms with Crippen molar-refractivity contribution in [2.24, 2.45) is 13.0 Å². The minimum absolute atomic E-state index is 0.213. The number of H-pyrrole nitrogens is 1. The van der Waals surface area contributed by atoms with Crippen LogP contribution in [0, 0.1) is 5.92 Å². The number of carbonyl (C=O) groups is 1. The third-order valence-corrected chi connectivity index (χ3v) is 4.31. The van der Waals surface area contributed by atoms with Crippen LogP contribution in [0.1, 0.15) is 42.5 Å². The number of aryl methyl sites for hydroxylation is 1. The number of ether oxygens (including phenoxy) is 1. The second-order valence-electron chi connectivity index (χ2n) is 6.79. The van der Waals surface area contributed by atoms with Crippen LogP contribution in [0.4, 0.5) is 0 Å². The molecule has 8 nitrogen and oxygen atoms in total. The average molecular weight is 368 g/mol. The van der Waals surface area contributed by atoms with Crippen LogP contribution in [0.2, 0.25) is 0 Å². The standard InChI is InChI=1S/C19H24N6O2/c1-12(2)8-16(18-20-11-22-25(18)3)23-19(26)15-10-21-24-17(15)13-6-5-7-14(9-13)27-4/h5-7,9-12,16H,8H2,1-4H3,(H,21,24)(H,23,26). The van der Waals surface area contributed by atoms with Crippen molar-refractivity contribution in [2.45, 2.75) is 26.3 Å². The van der Waals surface area contributed by atoms with Gasteiger partial charge in [0.15, 0.2) is 0 Å². The highest BCUT2D eigenvalue weighted by Gasteiger charge is 2.23. The molecule has 1 unspecified atom stereocenters. The van der Waals surface area contributed by atoms with E-state index in [4.69, 9.17) is 4.74 Å². The number of aromatic nitrogens is 5. The molecule has 3 rings (SSSR count). The Morgan fingerprint density at radius 3 is 2.85 bits per heavy atom. The van der Waals surface area contributed by atoms with E-state index in [9.17, 15) is 4.79 Å². The van der Waals surface area contributed by atoms with Gasteiger partial charge in [-0.3, -0.25) is 14.6 Å². The van der Waals surface area contributed by atoms with E-state index in [2.05, 4.69) is 39.4 Å². The molecule has 0 aliphatic carbocycles. The Bertz CT molecular complexity index is 914. The lowest BCUT2D eigenvalue weighted by atomic mass is 10.0. The Kier molecular flexibility index (Phi) is 5.54. The topological polar surface area (TPSA) is 97.7 Å². The van der Waals surface area contributed by atoms with Gasteiger partial charge in [-0.2, -0.15) is 10.2 Å². The summed E-state index contributed by atoms with van der Waals surface area (Å²) in [6.07, 6.45) is 3.78. The zero-order chi connectivity index (χ0) is 19.4. The van der Waals surface area contributed by atoms with Gasteiger partial charge in [-0.05, 0) is 24.5 Å². The smallest absolute Gasteiger partial charge is 0.255 e. The number of nitrogens with zero attached hydrogens (tertiary/aromatic N) is 4. The fraction of sp³-hybridized carbons (Fsp3) is 0.368. The van der Waals surface area contributed by atoms with Gasteiger partial charge >= 0.3 is 0 Å². The minimum atomic E-state index is -0.238. The van der Waals surface area contributed by atoms with Gasteiger partial charge in [-0.15, -0.1) is 0 Å². The van der Waals surface area contributed by atoms with Gasteiger partial charge in [-0.1, -0.05) is 26.0 Å². The molecule has 0 aliphatic rings. The maximum absolute atomic E-state index is 13.0. The lowest BCUT2D eigenvalue weighted by Crippen LogP contribution is -2.31. The summed E-state index contributed by atoms with van der Waals surface area (Å²) in [5, 5.41) is 14.2. The molecule has 3 aromatic rings. The van der Waals surface area contributed by atoms with E-state index in [-0.39, 0.29) is 11.9 Å². The molecule has 27 heavy (non-hydrogen) atoms. The molecule has 0 bridgehead atoms. The second kappa shape index (κ2) is 8.03. The van der Waals surface area contributed by atoms with Crippen LogP contribution in [0.3, 0.4) is 0 Å². The molecule has 0 spiro atoms. The highest BCUT2D eigenvalue weighted by Crippen LogP contribution is 2.26. The maximum atomic E-state index is 13.0. The van der Waals surface area contributed by atoms with Crippen molar-refractivity contribution in [3.8, 4) is 17.0 Å². The zero-order valence-electron chi connectivity index (χ0n) is 15.9. The Hall–Kier alpha value is -3.16. The first-order chi connectivity index (χ1) is 13.0. The van der Waals surface area contributed by atoms with Crippen LogP contribution in [0.5, 0.6) is 5.75 Å². The van der Waals surface area contributed by atoms with Crippen LogP contribution in [-0.2, 0) is 7.05 Å². The Morgan fingerprint density at radius 1 is 1.37 bits per heavy atom. The van der Waals surface area contributed by atoms with Crippen LogP contribution in [0.15, 0.2) is 36.8 Å². The lowest BCUT2D eigenvalue weighted by Gasteiger charge is -2.19. The van der Waals surface area contributed by atoms with Gasteiger partial charge < -0.3 is 10.1 Å². The van der Waals surface area contributed by atoms with Crippen molar-refractivity contribution in [2.75, 3.05) is 7.11 Å². The molecule has 1 amide bonds. The van der Waals surface area contributed by atoms with E-state index in [1.54, 1.807) is 11.8 Å². The van der Waals surface area contributed by atoms with Crippen LogP contribution < -0.4 is 10.1 Å². The molecule has 1 atom stereocenters. The summed E-state index contributed by atoms with van der Waals surface area (Å²) in [7, 11) is 3.43. The third-order valence-electron chi connectivity index (χ3n) is 4.31. The predicted molar refractivity (Wildman–Crippen MR) is 101 cm³/mol. The first kappa shape index (κ1) is 18.6. The summed E-state index contributed by atoms with van der Waals surface area (Å²) in [6.45, 7) is 4.21. The largest absolute Gasteiger partial charge is 0.497 e. The fourth-order valence-corrected chi connectivity index (χ4v) is 3.01. The van der Waals surface area contributed by atoms with Gasteiger partial charge in [0, 0.05) is 12.6 Å². The SMILES string of the molecule is COc1cccc(-c2[nH]ncc2C(=O)NC(CC(C)C)c2ncnn2C)c1. The first-order valence-electron chi connectivity index (χ1n) is 8.82. The second-order valence-corrected chi connectivity index (χ2v) is 6.79. The maximum Gasteiger partial charge on any atom is 0.255 e. The molecule has 142 valence electrons. The molecule has 2 N–H and O–H groups in total. The van der Waals surface area contributed by atoms with E-state index < -0.39 is 0 Å². The van der Waals surface area contributed by atoms with Gasteiger partial charge in [-0.25, -0.2) is 4.98 Å². The highest BCUT2D eigenvalue weighted by atomic mass is 16.5. The van der Waals surface area contributed by atoms with Crippen molar-refractivity contribution in [3.63, 3.8) is 0 Å². The van der Waals surface area contributed by atoms with Gasteiger partial charge in [0.1, 0.15) is 17.9 Å². The number of benzene rings is 1. The first-order valence-corrected chi connectivity index (χ1v) is 8.82. The minimum Gasteiger partial charge on any atom is -0.497 e. The number of methoxy groups -OCH3 is 1. The van der Waals surface area contributed by atoms with E-state index in [0.717, 1.165) is 17.8 Å². The Labute approximate surface area is 158 Å². The number of carbonyl (C=O) groups excluding carboxylic acids is 1. The molecular weight excluding hydrogens is 344 g/mol. The summed E-state index contributed by atoms with van der Waals surface area (Å²) in [4.78, 5) is 17.3. The summed E-state index contributed by atoms with van der Waals surface area (Å²) >= 11 is 0. The lowest BCUT2D eigenvalue weighted by molar-refractivity contribution is 0.0929. The number of rotatable bonds is 7. The van der Waals surface area contributed by atoms with E-state index in [1.165, 1.54) is 12.5 Å².